The standard InChI is InChI=1S/C20H22FN5O2S/c1-2-3-4-9-22-17(27)10-15-12-29-20-24-18-16(19(28)25(15)20)11-23-26(18)14-7-5-13(21)6-8-14/h5-8,11,15H,2-4,9-10,12H2,1H3,(H,22,27). The van der Waals surface area contributed by atoms with Gasteiger partial charge in [0.1, 0.15) is 11.2 Å². The first kappa shape index (κ1) is 19.6. The molecule has 9 heteroatoms. The summed E-state index contributed by atoms with van der Waals surface area (Å²) in [5.74, 6) is 0.236. The molecule has 1 atom stereocenters. The lowest BCUT2D eigenvalue weighted by Crippen LogP contribution is -2.31. The molecular weight excluding hydrogens is 393 g/mol. The Kier molecular flexibility index (Phi) is 5.66. The number of hydrogen-bond acceptors (Lipinski definition) is 5. The minimum Gasteiger partial charge on any atom is -0.356 e. The molecule has 1 aliphatic rings. The maximum Gasteiger partial charge on any atom is 0.265 e. The Balaban J connectivity index is 1.59. The number of benzene rings is 1. The van der Waals surface area contributed by atoms with Crippen molar-refractivity contribution in [2.24, 2.45) is 0 Å². The second kappa shape index (κ2) is 8.36. The van der Waals surface area contributed by atoms with Gasteiger partial charge in [-0.05, 0) is 30.7 Å². The number of nitrogens with zero attached hydrogens (tertiary/aromatic N) is 4. The van der Waals surface area contributed by atoms with E-state index in [0.29, 0.717) is 34.2 Å². The summed E-state index contributed by atoms with van der Waals surface area (Å²) in [4.78, 5) is 30.0. The summed E-state index contributed by atoms with van der Waals surface area (Å²) < 4.78 is 16.4. The molecule has 1 unspecified atom stereocenters. The van der Waals surface area contributed by atoms with Crippen LogP contribution >= 0.6 is 11.8 Å². The Labute approximate surface area is 171 Å². The molecule has 4 rings (SSSR count). The maximum absolute atomic E-state index is 13.2. The minimum atomic E-state index is -0.342. The van der Waals surface area contributed by atoms with Crippen LogP contribution in [0.2, 0.25) is 0 Å². The first-order valence-electron chi connectivity index (χ1n) is 9.74. The number of amides is 1. The number of unbranched alkanes of at least 4 members (excludes halogenated alkanes) is 2. The fourth-order valence-corrected chi connectivity index (χ4v) is 4.57. The maximum atomic E-state index is 13.2. The number of fused-ring (bicyclic) bond motifs is 2. The number of thioether (sulfide) groups is 1. The second-order valence-electron chi connectivity index (χ2n) is 7.07. The lowest BCUT2D eigenvalue weighted by molar-refractivity contribution is -0.121. The summed E-state index contributed by atoms with van der Waals surface area (Å²) in [6.45, 7) is 2.78. The fraction of sp³-hybridized carbons (Fsp3) is 0.400. The van der Waals surface area contributed by atoms with Gasteiger partial charge < -0.3 is 5.32 Å². The molecule has 1 amide bonds. The number of aromatic nitrogens is 4. The predicted molar refractivity (Wildman–Crippen MR) is 110 cm³/mol. The van der Waals surface area contributed by atoms with E-state index < -0.39 is 0 Å². The Morgan fingerprint density at radius 1 is 1.31 bits per heavy atom. The van der Waals surface area contributed by atoms with E-state index in [-0.39, 0.29) is 29.7 Å². The summed E-state index contributed by atoms with van der Waals surface area (Å²) in [6.07, 6.45) is 4.88. The van der Waals surface area contributed by atoms with Crippen molar-refractivity contribution in [1.29, 1.82) is 0 Å². The van der Waals surface area contributed by atoms with Gasteiger partial charge >= 0.3 is 0 Å². The lowest BCUT2D eigenvalue weighted by atomic mass is 10.2. The second-order valence-corrected chi connectivity index (χ2v) is 8.05. The number of hydrogen-bond donors (Lipinski definition) is 1. The van der Waals surface area contributed by atoms with Crippen LogP contribution in [0.25, 0.3) is 16.7 Å². The molecule has 0 aliphatic carbocycles. The highest BCUT2D eigenvalue weighted by Gasteiger charge is 2.29. The molecule has 1 N–H and O–H groups in total. The number of rotatable bonds is 7. The number of carbonyl (C=O) groups is 1. The van der Waals surface area contributed by atoms with Crippen LogP contribution in [-0.2, 0) is 4.79 Å². The molecule has 2 aromatic heterocycles. The van der Waals surface area contributed by atoms with Gasteiger partial charge in [-0.1, -0.05) is 31.5 Å². The highest BCUT2D eigenvalue weighted by molar-refractivity contribution is 7.99. The van der Waals surface area contributed by atoms with E-state index in [1.807, 2.05) is 0 Å². The van der Waals surface area contributed by atoms with Crippen LogP contribution in [-0.4, -0.2) is 37.5 Å². The van der Waals surface area contributed by atoms with Gasteiger partial charge in [0.05, 0.1) is 17.9 Å². The zero-order valence-corrected chi connectivity index (χ0v) is 16.9. The SMILES string of the molecule is CCCCCNC(=O)CC1CSc2nc3c(cnn3-c3ccc(F)cc3)c(=O)n21. The van der Waals surface area contributed by atoms with Crippen LogP contribution in [0.4, 0.5) is 4.39 Å². The topological polar surface area (TPSA) is 81.8 Å². The van der Waals surface area contributed by atoms with Crippen LogP contribution < -0.4 is 10.9 Å². The molecule has 3 aromatic rings. The van der Waals surface area contributed by atoms with Crippen molar-refractivity contribution in [3.8, 4) is 5.69 Å². The Bertz CT molecular complexity index is 1090. The summed E-state index contributed by atoms with van der Waals surface area (Å²) >= 11 is 1.46. The van der Waals surface area contributed by atoms with E-state index in [1.54, 1.807) is 16.7 Å². The van der Waals surface area contributed by atoms with Gasteiger partial charge in [0.15, 0.2) is 10.8 Å². The number of halogens is 1. The van der Waals surface area contributed by atoms with Gasteiger partial charge in [-0.15, -0.1) is 0 Å². The Morgan fingerprint density at radius 3 is 2.86 bits per heavy atom. The molecule has 1 aromatic carbocycles. The van der Waals surface area contributed by atoms with Crippen molar-refractivity contribution in [2.75, 3.05) is 12.3 Å². The molecule has 0 spiro atoms. The summed E-state index contributed by atoms with van der Waals surface area (Å²) in [5, 5.41) is 8.16. The highest BCUT2D eigenvalue weighted by atomic mass is 32.2. The van der Waals surface area contributed by atoms with Crippen molar-refractivity contribution < 1.29 is 9.18 Å². The monoisotopic (exact) mass is 415 g/mol. The smallest absolute Gasteiger partial charge is 0.265 e. The van der Waals surface area contributed by atoms with Crippen molar-refractivity contribution >= 4 is 28.7 Å². The summed E-state index contributed by atoms with van der Waals surface area (Å²) in [7, 11) is 0. The Morgan fingerprint density at radius 2 is 2.10 bits per heavy atom. The Hall–Kier alpha value is -2.68. The van der Waals surface area contributed by atoms with Crippen LogP contribution in [0, 0.1) is 5.82 Å². The average molecular weight is 415 g/mol. The third-order valence-corrected chi connectivity index (χ3v) is 6.06. The first-order chi connectivity index (χ1) is 14.1. The van der Waals surface area contributed by atoms with Crippen LogP contribution in [0.1, 0.15) is 38.6 Å². The summed E-state index contributed by atoms with van der Waals surface area (Å²) in [6, 6.07) is 5.64. The molecule has 1 aliphatic heterocycles. The first-order valence-corrected chi connectivity index (χ1v) is 10.7. The molecule has 29 heavy (non-hydrogen) atoms. The van der Waals surface area contributed by atoms with Gasteiger partial charge in [0.2, 0.25) is 5.91 Å². The molecule has 0 radical (unpaired) electrons. The van der Waals surface area contributed by atoms with Crippen molar-refractivity contribution in [3.05, 3.63) is 46.6 Å². The van der Waals surface area contributed by atoms with E-state index in [2.05, 4.69) is 22.3 Å². The molecule has 0 saturated carbocycles. The molecule has 0 fully saturated rings. The minimum absolute atomic E-state index is 0.0476. The molecule has 0 saturated heterocycles. The third-order valence-electron chi connectivity index (χ3n) is 4.97. The molecule has 3 heterocycles. The van der Waals surface area contributed by atoms with Crippen molar-refractivity contribution in [3.63, 3.8) is 0 Å². The normalized spacial score (nSPS) is 15.6. The zero-order chi connectivity index (χ0) is 20.4. The third kappa shape index (κ3) is 3.91. The molecule has 152 valence electrons. The number of carbonyl (C=O) groups excluding carboxylic acids is 1. The summed E-state index contributed by atoms with van der Waals surface area (Å²) in [5.41, 5.74) is 0.862. The van der Waals surface area contributed by atoms with Crippen LogP contribution in [0.3, 0.4) is 0 Å². The quantitative estimate of drug-likeness (QED) is 0.474. The lowest BCUT2D eigenvalue weighted by Gasteiger charge is -2.13. The van der Waals surface area contributed by atoms with E-state index in [1.165, 1.54) is 34.8 Å². The highest BCUT2D eigenvalue weighted by Crippen LogP contribution is 2.33. The molecule has 7 nitrogen and oxygen atoms in total. The largest absolute Gasteiger partial charge is 0.356 e. The van der Waals surface area contributed by atoms with Gasteiger partial charge in [0.25, 0.3) is 5.56 Å². The van der Waals surface area contributed by atoms with Gasteiger partial charge in [-0.2, -0.15) is 5.10 Å². The van der Waals surface area contributed by atoms with Crippen LogP contribution in [0.15, 0.2) is 40.4 Å². The van der Waals surface area contributed by atoms with Crippen molar-refractivity contribution in [1.82, 2.24) is 24.6 Å². The number of nitrogens with one attached hydrogen (secondary N) is 1. The average Bonchev–Trinajstić information content (AvgIpc) is 3.31. The molecule has 0 bridgehead atoms. The van der Waals surface area contributed by atoms with E-state index in [9.17, 15) is 14.0 Å². The van der Waals surface area contributed by atoms with Gasteiger partial charge in [-0.25, -0.2) is 14.1 Å². The van der Waals surface area contributed by atoms with Crippen molar-refractivity contribution in [2.45, 2.75) is 43.8 Å². The van der Waals surface area contributed by atoms with Gasteiger partial charge in [-0.3, -0.25) is 14.2 Å². The van der Waals surface area contributed by atoms with E-state index in [4.69, 9.17) is 0 Å². The predicted octanol–water partition coefficient (Wildman–Crippen LogP) is 3.06. The fourth-order valence-electron chi connectivity index (χ4n) is 3.44. The molecular formula is C20H22FN5O2S. The van der Waals surface area contributed by atoms with Gasteiger partial charge in [0, 0.05) is 18.7 Å². The van der Waals surface area contributed by atoms with E-state index >= 15 is 0 Å². The van der Waals surface area contributed by atoms with Crippen LogP contribution in [0.5, 0.6) is 0 Å². The van der Waals surface area contributed by atoms with E-state index in [0.717, 1.165) is 19.3 Å². The zero-order valence-electron chi connectivity index (χ0n) is 16.1.